The lowest BCUT2D eigenvalue weighted by atomic mass is 10.2. The molecule has 0 fully saturated rings. The number of carboxylic acid groups (broad SMARTS) is 2. The van der Waals surface area contributed by atoms with Crippen LogP contribution in [0.1, 0.15) is 53.3 Å². The van der Waals surface area contributed by atoms with E-state index < -0.39 is 23.6 Å². The second kappa shape index (κ2) is 12.4. The highest BCUT2D eigenvalue weighted by atomic mass is 16.6. The van der Waals surface area contributed by atoms with Crippen LogP contribution in [0.4, 0.5) is 4.79 Å². The van der Waals surface area contributed by atoms with Crippen LogP contribution in [-0.4, -0.2) is 71.9 Å². The molecule has 0 saturated carbocycles. The Hall–Kier alpha value is -5.84. The molecule has 0 saturated heterocycles. The van der Waals surface area contributed by atoms with E-state index in [1.165, 1.54) is 12.5 Å². The summed E-state index contributed by atoms with van der Waals surface area (Å²) in [6.07, 6.45) is 2.03. The van der Waals surface area contributed by atoms with Crippen LogP contribution in [0, 0.1) is 0 Å². The first-order valence-electron chi connectivity index (χ1n) is 13.4. The first-order chi connectivity index (χ1) is 21.4. The predicted molar refractivity (Wildman–Crippen MR) is 151 cm³/mol. The fourth-order valence-electron chi connectivity index (χ4n) is 3.97. The Morgan fingerprint density at radius 1 is 0.778 bits per heavy atom. The standard InChI is InChI=1S/C28H27N7O10/c1-28(2,3)45-27(40)30-10-8-18-20(26(38)39)35-24(44-18)16-12-42-22(33-16)14-6-4-5-13(31-14)21-32-15(11-41-21)23-34-19(25(36)37)17(43-23)7-9-29/h4-6,11-12H,7-10,29H2,1-3H3,(H,30,40)(H,36,37)(H,38,39). The molecule has 45 heavy (non-hydrogen) atoms. The third kappa shape index (κ3) is 7.04. The van der Waals surface area contributed by atoms with Gasteiger partial charge in [0.2, 0.25) is 23.6 Å². The van der Waals surface area contributed by atoms with Crippen LogP contribution < -0.4 is 11.1 Å². The summed E-state index contributed by atoms with van der Waals surface area (Å²) >= 11 is 0. The lowest BCUT2D eigenvalue weighted by Gasteiger charge is -2.19. The van der Waals surface area contributed by atoms with E-state index in [-0.39, 0.29) is 95.2 Å². The van der Waals surface area contributed by atoms with E-state index in [0.717, 1.165) is 0 Å². The van der Waals surface area contributed by atoms with Crippen LogP contribution in [0.5, 0.6) is 0 Å². The maximum absolute atomic E-state index is 11.9. The van der Waals surface area contributed by atoms with Gasteiger partial charge in [-0.2, -0.15) is 0 Å². The van der Waals surface area contributed by atoms with Crippen LogP contribution in [0.2, 0.25) is 0 Å². The summed E-state index contributed by atoms with van der Waals surface area (Å²) in [5.41, 5.74) is 5.07. The largest absolute Gasteiger partial charge is 0.476 e. The highest BCUT2D eigenvalue weighted by molar-refractivity contribution is 5.87. The Morgan fingerprint density at radius 2 is 1.29 bits per heavy atom. The van der Waals surface area contributed by atoms with Gasteiger partial charge in [-0.15, -0.1) is 0 Å². The number of aromatic nitrogens is 5. The Balaban J connectivity index is 1.33. The van der Waals surface area contributed by atoms with Crippen molar-refractivity contribution < 1.29 is 47.0 Å². The first-order valence-corrected chi connectivity index (χ1v) is 13.4. The van der Waals surface area contributed by atoms with Crippen molar-refractivity contribution in [2.45, 2.75) is 39.2 Å². The zero-order valence-corrected chi connectivity index (χ0v) is 24.2. The van der Waals surface area contributed by atoms with Crippen molar-refractivity contribution in [1.29, 1.82) is 0 Å². The van der Waals surface area contributed by atoms with Gasteiger partial charge in [-0.05, 0) is 39.4 Å². The number of alkyl carbamates (subject to hydrolysis) is 1. The van der Waals surface area contributed by atoms with Gasteiger partial charge in [-0.3, -0.25) is 0 Å². The Kier molecular flexibility index (Phi) is 8.44. The number of ether oxygens (including phenoxy) is 1. The molecule has 0 radical (unpaired) electrons. The lowest BCUT2D eigenvalue weighted by molar-refractivity contribution is 0.0527. The number of oxazole rings is 4. The quantitative estimate of drug-likeness (QED) is 0.164. The van der Waals surface area contributed by atoms with Gasteiger partial charge in [0.1, 0.15) is 41.0 Å². The number of pyridine rings is 1. The highest BCUT2D eigenvalue weighted by Crippen LogP contribution is 2.29. The number of rotatable bonds is 11. The molecule has 0 aliphatic heterocycles. The maximum Gasteiger partial charge on any atom is 0.407 e. The fourth-order valence-corrected chi connectivity index (χ4v) is 3.97. The van der Waals surface area contributed by atoms with Gasteiger partial charge in [-0.25, -0.2) is 39.3 Å². The molecule has 17 heteroatoms. The van der Waals surface area contributed by atoms with E-state index in [1.54, 1.807) is 39.0 Å². The smallest absolute Gasteiger partial charge is 0.407 e. The van der Waals surface area contributed by atoms with Crippen molar-refractivity contribution in [1.82, 2.24) is 30.2 Å². The first kappa shape index (κ1) is 30.6. The number of nitrogens with zero attached hydrogens (tertiary/aromatic N) is 5. The van der Waals surface area contributed by atoms with Gasteiger partial charge >= 0.3 is 18.0 Å². The number of carbonyl (C=O) groups excluding carboxylic acids is 1. The van der Waals surface area contributed by atoms with Gasteiger partial charge in [-0.1, -0.05) is 6.07 Å². The third-order valence-electron chi connectivity index (χ3n) is 5.83. The van der Waals surface area contributed by atoms with E-state index in [2.05, 4.69) is 30.2 Å². The molecule has 0 aromatic carbocycles. The van der Waals surface area contributed by atoms with Gasteiger partial charge in [0.15, 0.2) is 22.8 Å². The van der Waals surface area contributed by atoms with Crippen LogP contribution in [-0.2, 0) is 17.6 Å². The number of nitrogens with one attached hydrogen (secondary N) is 1. The number of carboxylic acids is 2. The van der Waals surface area contributed by atoms with Crippen LogP contribution in [0.3, 0.4) is 0 Å². The number of amides is 1. The molecule has 17 nitrogen and oxygen atoms in total. The van der Waals surface area contributed by atoms with Crippen LogP contribution >= 0.6 is 0 Å². The van der Waals surface area contributed by atoms with E-state index in [4.69, 9.17) is 28.1 Å². The van der Waals surface area contributed by atoms with Crippen molar-refractivity contribution in [3.05, 3.63) is 53.6 Å². The zero-order valence-electron chi connectivity index (χ0n) is 24.2. The number of nitrogens with two attached hydrogens (primary N) is 1. The number of aromatic carboxylic acids is 2. The van der Waals surface area contributed by atoms with Crippen LogP contribution in [0.25, 0.3) is 46.3 Å². The topological polar surface area (TPSA) is 256 Å². The molecule has 5 N–H and O–H groups in total. The average Bonchev–Trinajstić information content (AvgIpc) is 3.78. The fraction of sp³-hybridized carbons (Fsp3) is 0.286. The molecule has 234 valence electrons. The summed E-state index contributed by atoms with van der Waals surface area (Å²) in [5, 5.41) is 21.5. The lowest BCUT2D eigenvalue weighted by Crippen LogP contribution is -2.33. The average molecular weight is 622 g/mol. The minimum atomic E-state index is -1.32. The van der Waals surface area contributed by atoms with E-state index in [0.29, 0.717) is 0 Å². The van der Waals surface area contributed by atoms with Gasteiger partial charge in [0.05, 0.1) is 0 Å². The number of carbonyl (C=O) groups is 3. The molecule has 1 amide bonds. The van der Waals surface area contributed by atoms with Crippen LogP contribution in [0.15, 0.2) is 48.4 Å². The molecule has 0 atom stereocenters. The second-order valence-electron chi connectivity index (χ2n) is 10.4. The minimum absolute atomic E-state index is 0.0228. The van der Waals surface area contributed by atoms with Gasteiger partial charge in [0.25, 0.3) is 0 Å². The molecule has 5 heterocycles. The maximum atomic E-state index is 11.9. The minimum Gasteiger partial charge on any atom is -0.476 e. The van der Waals surface area contributed by atoms with Crippen molar-refractivity contribution in [3.8, 4) is 46.3 Å². The summed E-state index contributed by atoms with van der Waals surface area (Å²) in [6, 6.07) is 4.88. The van der Waals surface area contributed by atoms with Crippen molar-refractivity contribution in [3.63, 3.8) is 0 Å². The molecular formula is C28H27N7O10. The summed E-state index contributed by atoms with van der Waals surface area (Å²) in [7, 11) is 0. The molecule has 5 rings (SSSR count). The monoisotopic (exact) mass is 621 g/mol. The zero-order chi connectivity index (χ0) is 32.3. The third-order valence-corrected chi connectivity index (χ3v) is 5.83. The van der Waals surface area contributed by atoms with E-state index >= 15 is 0 Å². The Morgan fingerprint density at radius 3 is 1.76 bits per heavy atom. The van der Waals surface area contributed by atoms with Gasteiger partial charge < -0.3 is 43.7 Å². The molecular weight excluding hydrogens is 594 g/mol. The Bertz CT molecular complexity index is 1860. The Labute approximate surface area is 253 Å². The second-order valence-corrected chi connectivity index (χ2v) is 10.4. The van der Waals surface area contributed by atoms with Crippen molar-refractivity contribution >= 4 is 18.0 Å². The van der Waals surface area contributed by atoms with Crippen molar-refractivity contribution in [2.75, 3.05) is 13.1 Å². The molecule has 0 unspecified atom stereocenters. The van der Waals surface area contributed by atoms with Gasteiger partial charge in [0, 0.05) is 19.4 Å². The van der Waals surface area contributed by atoms with E-state index in [9.17, 15) is 24.6 Å². The predicted octanol–water partition coefficient (Wildman–Crippen LogP) is 3.67. The molecule has 0 bridgehead atoms. The highest BCUT2D eigenvalue weighted by Gasteiger charge is 2.25. The summed E-state index contributed by atoms with van der Waals surface area (Å²) < 4.78 is 27.5. The molecule has 5 aromatic heterocycles. The number of hydrogen-bond acceptors (Lipinski definition) is 14. The molecule has 5 aromatic rings. The molecule has 0 aliphatic carbocycles. The normalized spacial score (nSPS) is 11.5. The molecule has 0 spiro atoms. The van der Waals surface area contributed by atoms with E-state index in [1.807, 2.05) is 0 Å². The SMILES string of the molecule is CC(C)(C)OC(=O)NCCc1oc(-c2coc(-c3cccc(-c4nc(-c5nc(C(=O)O)c(CCN)o5)co4)n3)n2)nc1C(=O)O. The summed E-state index contributed by atoms with van der Waals surface area (Å²) in [5.74, 6) is -2.45. The summed E-state index contributed by atoms with van der Waals surface area (Å²) in [6.45, 7) is 5.37. The molecule has 0 aliphatic rings. The van der Waals surface area contributed by atoms with Crippen molar-refractivity contribution in [2.24, 2.45) is 5.73 Å². The summed E-state index contributed by atoms with van der Waals surface area (Å²) in [4.78, 5) is 56.3. The number of hydrogen-bond donors (Lipinski definition) is 4.